The SMILES string of the molecule is N#CCC=Cc1cc(C(=O)O)cnc1Cl. The van der Waals surface area contributed by atoms with Crippen molar-refractivity contribution in [2.75, 3.05) is 0 Å². The second-order valence-corrected chi connectivity index (χ2v) is 3.03. The minimum Gasteiger partial charge on any atom is -0.478 e. The summed E-state index contributed by atoms with van der Waals surface area (Å²) in [6.45, 7) is 0. The second-order valence-electron chi connectivity index (χ2n) is 2.67. The summed E-state index contributed by atoms with van der Waals surface area (Å²) >= 11 is 5.74. The fourth-order valence-electron chi connectivity index (χ4n) is 0.938. The summed E-state index contributed by atoms with van der Waals surface area (Å²) in [5, 5.41) is 17.2. The molecule has 0 aliphatic carbocycles. The third-order valence-corrected chi connectivity index (χ3v) is 1.94. The van der Waals surface area contributed by atoms with Gasteiger partial charge in [-0.25, -0.2) is 9.78 Å². The average molecular weight is 223 g/mol. The van der Waals surface area contributed by atoms with Crippen molar-refractivity contribution in [3.63, 3.8) is 0 Å². The van der Waals surface area contributed by atoms with Gasteiger partial charge in [-0.15, -0.1) is 0 Å². The molecule has 4 nitrogen and oxygen atoms in total. The van der Waals surface area contributed by atoms with Gasteiger partial charge in [0.1, 0.15) is 5.15 Å². The van der Waals surface area contributed by atoms with Crippen molar-refractivity contribution >= 4 is 23.6 Å². The first-order chi connectivity index (χ1) is 7.15. The maximum absolute atomic E-state index is 10.6. The standard InChI is InChI=1S/C10H7ClN2O2/c11-9-7(3-1-2-4-12)5-8(6-13-9)10(14)15/h1,3,5-6H,2H2,(H,14,15). The average Bonchev–Trinajstić information content (AvgIpc) is 2.20. The maximum atomic E-state index is 10.6. The number of rotatable bonds is 3. The molecule has 0 saturated carbocycles. The van der Waals surface area contributed by atoms with E-state index in [1.54, 1.807) is 12.2 Å². The highest BCUT2D eigenvalue weighted by atomic mass is 35.5. The van der Waals surface area contributed by atoms with Gasteiger partial charge in [0.25, 0.3) is 0 Å². The number of carbonyl (C=O) groups is 1. The summed E-state index contributed by atoms with van der Waals surface area (Å²) < 4.78 is 0. The first kappa shape index (κ1) is 11.2. The molecule has 0 amide bonds. The van der Waals surface area contributed by atoms with Gasteiger partial charge < -0.3 is 5.11 Å². The number of carboxylic acid groups (broad SMARTS) is 1. The third kappa shape index (κ3) is 3.08. The number of nitrogens with zero attached hydrogens (tertiary/aromatic N) is 2. The minimum atomic E-state index is -1.06. The molecule has 76 valence electrons. The Morgan fingerprint density at radius 1 is 1.73 bits per heavy atom. The van der Waals surface area contributed by atoms with Crippen LogP contribution in [-0.4, -0.2) is 16.1 Å². The van der Waals surface area contributed by atoms with E-state index < -0.39 is 5.97 Å². The molecule has 0 aliphatic rings. The van der Waals surface area contributed by atoms with Crippen LogP contribution >= 0.6 is 11.6 Å². The zero-order valence-electron chi connectivity index (χ0n) is 7.64. The molecule has 0 bridgehead atoms. The summed E-state index contributed by atoms with van der Waals surface area (Å²) in [4.78, 5) is 14.4. The van der Waals surface area contributed by atoms with Gasteiger partial charge >= 0.3 is 5.97 Å². The Balaban J connectivity index is 3.01. The van der Waals surface area contributed by atoms with E-state index in [9.17, 15) is 4.79 Å². The van der Waals surface area contributed by atoms with E-state index in [1.807, 2.05) is 6.07 Å². The van der Waals surface area contributed by atoms with Crippen molar-refractivity contribution < 1.29 is 9.90 Å². The van der Waals surface area contributed by atoms with Crippen LogP contribution in [0.15, 0.2) is 18.3 Å². The zero-order chi connectivity index (χ0) is 11.3. The predicted octanol–water partition coefficient (Wildman–Crippen LogP) is 2.36. The lowest BCUT2D eigenvalue weighted by atomic mass is 10.2. The molecule has 1 aromatic heterocycles. The number of halogens is 1. The summed E-state index contributed by atoms with van der Waals surface area (Å²) in [7, 11) is 0. The molecule has 0 aliphatic heterocycles. The molecule has 15 heavy (non-hydrogen) atoms. The molecule has 0 aromatic carbocycles. The molecule has 0 unspecified atom stereocenters. The summed E-state index contributed by atoms with van der Waals surface area (Å²) in [6, 6.07) is 3.34. The largest absolute Gasteiger partial charge is 0.478 e. The lowest BCUT2D eigenvalue weighted by Crippen LogP contribution is -1.98. The summed E-state index contributed by atoms with van der Waals surface area (Å²) in [5.74, 6) is -1.06. The monoisotopic (exact) mass is 222 g/mol. The fraction of sp³-hybridized carbons (Fsp3) is 0.100. The van der Waals surface area contributed by atoms with Crippen LogP contribution in [0, 0.1) is 11.3 Å². The highest BCUT2D eigenvalue weighted by Gasteiger charge is 2.06. The van der Waals surface area contributed by atoms with E-state index in [4.69, 9.17) is 22.0 Å². The van der Waals surface area contributed by atoms with E-state index >= 15 is 0 Å². The number of aromatic nitrogens is 1. The van der Waals surface area contributed by atoms with Crippen LogP contribution in [-0.2, 0) is 0 Å². The molecule has 0 spiro atoms. The van der Waals surface area contributed by atoms with Gasteiger partial charge in [-0.05, 0) is 6.07 Å². The number of carboxylic acids is 1. The number of hydrogen-bond acceptors (Lipinski definition) is 3. The first-order valence-electron chi connectivity index (χ1n) is 4.07. The van der Waals surface area contributed by atoms with Crippen LogP contribution in [0.4, 0.5) is 0 Å². The summed E-state index contributed by atoms with van der Waals surface area (Å²) in [5.41, 5.74) is 0.558. The van der Waals surface area contributed by atoms with Gasteiger partial charge in [-0.3, -0.25) is 0 Å². The Hall–Kier alpha value is -1.86. The van der Waals surface area contributed by atoms with Crippen molar-refractivity contribution in [2.24, 2.45) is 0 Å². The topological polar surface area (TPSA) is 74.0 Å². The van der Waals surface area contributed by atoms with Gasteiger partial charge in [0.05, 0.1) is 18.1 Å². The molecular weight excluding hydrogens is 216 g/mol. The van der Waals surface area contributed by atoms with Crippen LogP contribution < -0.4 is 0 Å². The first-order valence-corrected chi connectivity index (χ1v) is 4.45. The second kappa shape index (κ2) is 5.13. The lowest BCUT2D eigenvalue weighted by Gasteiger charge is -1.98. The van der Waals surface area contributed by atoms with Crippen molar-refractivity contribution in [2.45, 2.75) is 6.42 Å². The molecule has 0 fully saturated rings. The Morgan fingerprint density at radius 2 is 2.47 bits per heavy atom. The van der Waals surface area contributed by atoms with Gasteiger partial charge in [0, 0.05) is 11.8 Å². The van der Waals surface area contributed by atoms with Crippen LogP contribution in [0.5, 0.6) is 0 Å². The Morgan fingerprint density at radius 3 is 3.07 bits per heavy atom. The smallest absolute Gasteiger partial charge is 0.337 e. The number of nitriles is 1. The molecule has 0 atom stereocenters. The van der Waals surface area contributed by atoms with Crippen LogP contribution in [0.25, 0.3) is 6.08 Å². The Kier molecular flexibility index (Phi) is 3.83. The maximum Gasteiger partial charge on any atom is 0.337 e. The minimum absolute atomic E-state index is 0.0657. The third-order valence-electron chi connectivity index (χ3n) is 1.62. The molecule has 5 heteroatoms. The summed E-state index contributed by atoms with van der Waals surface area (Å²) in [6.07, 6.45) is 4.60. The highest BCUT2D eigenvalue weighted by molar-refractivity contribution is 6.30. The lowest BCUT2D eigenvalue weighted by molar-refractivity contribution is 0.0696. The predicted molar refractivity (Wildman–Crippen MR) is 55.5 cm³/mol. The normalized spacial score (nSPS) is 10.1. The van der Waals surface area contributed by atoms with E-state index in [0.29, 0.717) is 5.56 Å². The number of hydrogen-bond donors (Lipinski definition) is 1. The fourth-order valence-corrected chi connectivity index (χ4v) is 1.10. The zero-order valence-corrected chi connectivity index (χ0v) is 8.40. The molecule has 0 saturated heterocycles. The Bertz CT molecular complexity index is 449. The molecule has 1 aromatic rings. The number of aromatic carboxylic acids is 1. The van der Waals surface area contributed by atoms with E-state index in [0.717, 1.165) is 0 Å². The quantitative estimate of drug-likeness (QED) is 0.797. The molecule has 0 radical (unpaired) electrons. The van der Waals surface area contributed by atoms with Gasteiger partial charge in [-0.2, -0.15) is 5.26 Å². The molecule has 1 rings (SSSR count). The van der Waals surface area contributed by atoms with Crippen LogP contribution in [0.1, 0.15) is 22.3 Å². The van der Waals surface area contributed by atoms with E-state index in [2.05, 4.69) is 4.98 Å². The van der Waals surface area contributed by atoms with Gasteiger partial charge in [0.15, 0.2) is 0 Å². The number of allylic oxidation sites excluding steroid dienone is 1. The van der Waals surface area contributed by atoms with E-state index in [1.165, 1.54) is 12.3 Å². The van der Waals surface area contributed by atoms with Crippen molar-refractivity contribution in [3.8, 4) is 6.07 Å². The van der Waals surface area contributed by atoms with Crippen molar-refractivity contribution in [1.29, 1.82) is 5.26 Å². The molecular formula is C10H7ClN2O2. The van der Waals surface area contributed by atoms with Gasteiger partial charge in [0.2, 0.25) is 0 Å². The highest BCUT2D eigenvalue weighted by Crippen LogP contribution is 2.16. The Labute approximate surface area is 91.4 Å². The number of pyridine rings is 1. The van der Waals surface area contributed by atoms with Crippen molar-refractivity contribution in [3.05, 3.63) is 34.6 Å². The molecule has 1 heterocycles. The van der Waals surface area contributed by atoms with Crippen molar-refractivity contribution in [1.82, 2.24) is 4.98 Å². The van der Waals surface area contributed by atoms with Crippen LogP contribution in [0.2, 0.25) is 5.15 Å². The van der Waals surface area contributed by atoms with Crippen LogP contribution in [0.3, 0.4) is 0 Å². The van der Waals surface area contributed by atoms with Gasteiger partial charge in [-0.1, -0.05) is 23.8 Å². The van der Waals surface area contributed by atoms with E-state index in [-0.39, 0.29) is 17.1 Å². The molecule has 1 N–H and O–H groups in total.